The molecule has 0 spiro atoms. The van der Waals surface area contributed by atoms with E-state index in [0.29, 0.717) is 5.03 Å². The van der Waals surface area contributed by atoms with E-state index in [2.05, 4.69) is 15.2 Å². The SMILES string of the molecule is O=[N+]([O-])c1ccc(Sc2nnc(COc3ccccc3F)o2)nc1. The number of benzene rings is 1. The summed E-state index contributed by atoms with van der Waals surface area (Å²) in [4.78, 5) is 14.0. The second-order valence-corrected chi connectivity index (χ2v) is 5.37. The lowest BCUT2D eigenvalue weighted by molar-refractivity contribution is -0.385. The van der Waals surface area contributed by atoms with E-state index >= 15 is 0 Å². The van der Waals surface area contributed by atoms with Crippen molar-refractivity contribution in [1.82, 2.24) is 15.2 Å². The van der Waals surface area contributed by atoms with Crippen molar-refractivity contribution in [2.24, 2.45) is 0 Å². The Morgan fingerprint density at radius 1 is 1.25 bits per heavy atom. The maximum Gasteiger partial charge on any atom is 0.287 e. The molecule has 24 heavy (non-hydrogen) atoms. The minimum atomic E-state index is -0.535. The molecular formula is C14H9FN4O4S. The van der Waals surface area contributed by atoms with Gasteiger partial charge in [0.1, 0.15) is 11.2 Å². The summed E-state index contributed by atoms with van der Waals surface area (Å²) in [5.41, 5.74) is -0.108. The standard InChI is InChI=1S/C14H9FN4O4S/c15-10-3-1-2-4-11(10)22-8-12-17-18-14(23-12)24-13-6-5-9(7-16-13)19(20)21/h1-7H,8H2. The van der Waals surface area contributed by atoms with Crippen LogP contribution in [0.5, 0.6) is 5.75 Å². The van der Waals surface area contributed by atoms with Crippen molar-refractivity contribution >= 4 is 17.4 Å². The number of ether oxygens (including phenoxy) is 1. The Hall–Kier alpha value is -3.01. The number of hydrogen-bond donors (Lipinski definition) is 0. The molecule has 2 aromatic heterocycles. The van der Waals surface area contributed by atoms with Crippen LogP contribution in [0.2, 0.25) is 0 Å². The molecule has 1 aromatic carbocycles. The third-order valence-electron chi connectivity index (χ3n) is 2.76. The van der Waals surface area contributed by atoms with E-state index in [-0.39, 0.29) is 29.2 Å². The summed E-state index contributed by atoms with van der Waals surface area (Å²) in [5, 5.41) is 18.8. The maximum absolute atomic E-state index is 13.4. The molecule has 0 saturated carbocycles. The van der Waals surface area contributed by atoms with Gasteiger partial charge in [-0.05, 0) is 30.0 Å². The van der Waals surface area contributed by atoms with Gasteiger partial charge >= 0.3 is 0 Å². The van der Waals surface area contributed by atoms with E-state index in [1.807, 2.05) is 0 Å². The van der Waals surface area contributed by atoms with E-state index in [9.17, 15) is 14.5 Å². The van der Waals surface area contributed by atoms with Crippen LogP contribution in [-0.4, -0.2) is 20.1 Å². The molecule has 3 rings (SSSR count). The molecule has 0 saturated heterocycles. The maximum atomic E-state index is 13.4. The van der Waals surface area contributed by atoms with E-state index < -0.39 is 10.7 Å². The Bertz CT molecular complexity index is 856. The van der Waals surface area contributed by atoms with Crippen LogP contribution < -0.4 is 4.74 Å². The highest BCUT2D eigenvalue weighted by atomic mass is 32.2. The Kier molecular flexibility index (Phi) is 4.66. The lowest BCUT2D eigenvalue weighted by Crippen LogP contribution is -1.97. The molecule has 0 N–H and O–H groups in total. The van der Waals surface area contributed by atoms with Gasteiger partial charge in [-0.25, -0.2) is 9.37 Å². The number of nitro groups is 1. The molecule has 0 aliphatic heterocycles. The molecule has 0 fully saturated rings. The molecular weight excluding hydrogens is 339 g/mol. The second-order valence-electron chi connectivity index (χ2n) is 4.39. The van der Waals surface area contributed by atoms with Gasteiger partial charge in [0.15, 0.2) is 18.2 Å². The number of nitrogens with zero attached hydrogens (tertiary/aromatic N) is 4. The van der Waals surface area contributed by atoms with Crippen molar-refractivity contribution in [2.45, 2.75) is 16.9 Å². The Morgan fingerprint density at radius 3 is 2.79 bits per heavy atom. The smallest absolute Gasteiger partial charge is 0.287 e. The van der Waals surface area contributed by atoms with Gasteiger partial charge in [-0.3, -0.25) is 10.1 Å². The van der Waals surface area contributed by atoms with Gasteiger partial charge in [-0.2, -0.15) is 0 Å². The van der Waals surface area contributed by atoms with Crippen LogP contribution >= 0.6 is 11.8 Å². The molecule has 0 amide bonds. The molecule has 0 aliphatic rings. The van der Waals surface area contributed by atoms with Crippen LogP contribution in [0.15, 0.2) is 57.3 Å². The van der Waals surface area contributed by atoms with Gasteiger partial charge in [-0.15, -0.1) is 10.2 Å². The molecule has 0 aliphatic carbocycles. The summed E-state index contributed by atoms with van der Waals surface area (Å²) in [6.07, 6.45) is 1.14. The van der Waals surface area contributed by atoms with E-state index in [1.165, 1.54) is 24.3 Å². The molecule has 2 heterocycles. The molecule has 0 radical (unpaired) electrons. The number of aromatic nitrogens is 3. The minimum absolute atomic E-state index is 0.0812. The zero-order valence-corrected chi connectivity index (χ0v) is 12.8. The largest absolute Gasteiger partial charge is 0.481 e. The zero-order valence-electron chi connectivity index (χ0n) is 12.0. The van der Waals surface area contributed by atoms with Crippen molar-refractivity contribution in [2.75, 3.05) is 0 Å². The van der Waals surface area contributed by atoms with Crippen LogP contribution in [0, 0.1) is 15.9 Å². The first kappa shape index (κ1) is 15.9. The highest BCUT2D eigenvalue weighted by Crippen LogP contribution is 2.26. The van der Waals surface area contributed by atoms with Gasteiger partial charge in [-0.1, -0.05) is 12.1 Å². The summed E-state index contributed by atoms with van der Waals surface area (Å²) in [7, 11) is 0. The van der Waals surface area contributed by atoms with Crippen molar-refractivity contribution in [3.63, 3.8) is 0 Å². The fourth-order valence-electron chi connectivity index (χ4n) is 1.67. The highest BCUT2D eigenvalue weighted by molar-refractivity contribution is 7.99. The minimum Gasteiger partial charge on any atom is -0.481 e. The van der Waals surface area contributed by atoms with Gasteiger partial charge in [0.25, 0.3) is 16.8 Å². The lowest BCUT2D eigenvalue weighted by atomic mass is 10.3. The average molecular weight is 348 g/mol. The second kappa shape index (κ2) is 7.04. The third-order valence-corrected chi connectivity index (χ3v) is 3.55. The molecule has 122 valence electrons. The molecule has 8 nitrogen and oxygen atoms in total. The van der Waals surface area contributed by atoms with Gasteiger partial charge in [0.2, 0.25) is 0 Å². The van der Waals surface area contributed by atoms with Gasteiger partial charge in [0.05, 0.1) is 4.92 Å². The Labute approximate surface area is 138 Å². The lowest BCUT2D eigenvalue weighted by Gasteiger charge is -2.03. The van der Waals surface area contributed by atoms with E-state index in [4.69, 9.17) is 9.15 Å². The normalized spacial score (nSPS) is 10.5. The van der Waals surface area contributed by atoms with Gasteiger partial charge in [0, 0.05) is 6.07 Å². The first-order valence-electron chi connectivity index (χ1n) is 6.60. The Balaban J connectivity index is 1.61. The summed E-state index contributed by atoms with van der Waals surface area (Å²) >= 11 is 1.05. The van der Waals surface area contributed by atoms with Crippen molar-refractivity contribution < 1.29 is 18.5 Å². The van der Waals surface area contributed by atoms with Crippen molar-refractivity contribution in [1.29, 1.82) is 0 Å². The van der Waals surface area contributed by atoms with Crippen LogP contribution in [-0.2, 0) is 6.61 Å². The van der Waals surface area contributed by atoms with E-state index in [0.717, 1.165) is 18.0 Å². The van der Waals surface area contributed by atoms with Crippen LogP contribution in [0.25, 0.3) is 0 Å². The fourth-order valence-corrected chi connectivity index (χ4v) is 2.31. The first-order valence-corrected chi connectivity index (χ1v) is 7.41. The fraction of sp³-hybridized carbons (Fsp3) is 0.0714. The first-order chi connectivity index (χ1) is 11.6. The number of hydrogen-bond acceptors (Lipinski definition) is 8. The molecule has 10 heteroatoms. The van der Waals surface area contributed by atoms with Crippen molar-refractivity contribution in [3.05, 3.63) is 64.4 Å². The molecule has 3 aromatic rings. The highest BCUT2D eigenvalue weighted by Gasteiger charge is 2.12. The summed E-state index contributed by atoms with van der Waals surface area (Å²) < 4.78 is 24.0. The van der Waals surface area contributed by atoms with Crippen LogP contribution in [0.4, 0.5) is 10.1 Å². The van der Waals surface area contributed by atoms with Crippen LogP contribution in [0.1, 0.15) is 5.89 Å². The Morgan fingerprint density at radius 2 is 2.08 bits per heavy atom. The predicted octanol–water partition coefficient (Wildman–Crippen LogP) is 3.24. The molecule has 0 atom stereocenters. The van der Waals surface area contributed by atoms with Gasteiger partial charge < -0.3 is 9.15 Å². The number of halogens is 1. The number of rotatable bonds is 6. The monoisotopic (exact) mass is 348 g/mol. The third kappa shape index (κ3) is 3.84. The topological polar surface area (TPSA) is 104 Å². The summed E-state index contributed by atoms with van der Waals surface area (Å²) in [5.74, 6) is -0.230. The molecule has 0 unspecified atom stereocenters. The predicted molar refractivity (Wildman–Crippen MR) is 80.0 cm³/mol. The van der Waals surface area contributed by atoms with Crippen molar-refractivity contribution in [3.8, 4) is 5.75 Å². The number of pyridine rings is 1. The average Bonchev–Trinajstić information content (AvgIpc) is 3.02. The van der Waals surface area contributed by atoms with E-state index in [1.54, 1.807) is 12.1 Å². The quantitative estimate of drug-likeness (QED) is 0.494. The zero-order chi connectivity index (χ0) is 16.9. The molecule has 0 bridgehead atoms. The summed E-state index contributed by atoms with van der Waals surface area (Å²) in [6.45, 7) is -0.0812. The number of para-hydroxylation sites is 1. The summed E-state index contributed by atoms with van der Waals surface area (Å²) in [6, 6.07) is 8.78. The van der Waals surface area contributed by atoms with Crippen LogP contribution in [0.3, 0.4) is 0 Å².